The van der Waals surface area contributed by atoms with Crippen molar-refractivity contribution in [2.45, 2.75) is 19.8 Å². The van der Waals surface area contributed by atoms with Crippen molar-refractivity contribution >= 4 is 29.0 Å². The number of carbonyl (C=O) groups is 1. The van der Waals surface area contributed by atoms with Crippen molar-refractivity contribution in [1.82, 2.24) is 9.97 Å². The predicted molar refractivity (Wildman–Crippen MR) is 131 cm³/mol. The molecule has 8 nitrogen and oxygen atoms in total. The summed E-state index contributed by atoms with van der Waals surface area (Å²) >= 11 is 6.25. The number of anilines is 2. The molecule has 1 aromatic heterocycles. The molecule has 0 saturated carbocycles. The minimum absolute atomic E-state index is 0.117. The molecule has 0 radical (unpaired) electrons. The summed E-state index contributed by atoms with van der Waals surface area (Å²) < 4.78 is 16.6. The third-order valence-corrected chi connectivity index (χ3v) is 6.00. The molecule has 1 saturated heterocycles. The molecule has 0 aliphatic carbocycles. The Morgan fingerprint density at radius 3 is 2.56 bits per heavy atom. The van der Waals surface area contributed by atoms with Gasteiger partial charge in [-0.1, -0.05) is 29.3 Å². The number of nitrogens with zero attached hydrogens (tertiary/aromatic N) is 3. The van der Waals surface area contributed by atoms with Gasteiger partial charge in [0.1, 0.15) is 17.2 Å². The summed E-state index contributed by atoms with van der Waals surface area (Å²) in [6.07, 6.45) is 4.81. The van der Waals surface area contributed by atoms with Gasteiger partial charge in [-0.15, -0.1) is 0 Å². The summed E-state index contributed by atoms with van der Waals surface area (Å²) in [5.74, 6) is 2.29. The second kappa shape index (κ2) is 10.6. The molecule has 2 aromatic carbocycles. The molecule has 1 aliphatic heterocycles. The van der Waals surface area contributed by atoms with Gasteiger partial charge in [0.15, 0.2) is 5.82 Å². The maximum absolute atomic E-state index is 13.2. The number of nitrogens with one attached hydrogen (secondary N) is 1. The molecule has 9 heteroatoms. The van der Waals surface area contributed by atoms with Crippen LogP contribution in [-0.4, -0.2) is 43.2 Å². The second-order valence-corrected chi connectivity index (χ2v) is 8.47. The van der Waals surface area contributed by atoms with Crippen LogP contribution in [0.1, 0.15) is 18.4 Å². The largest absolute Gasteiger partial charge is 0.495 e. The number of ether oxygens (including phenoxy) is 3. The molecule has 1 N–H and O–H groups in total. The van der Waals surface area contributed by atoms with Crippen LogP contribution in [0.5, 0.6) is 23.1 Å². The van der Waals surface area contributed by atoms with Crippen molar-refractivity contribution in [2.24, 2.45) is 5.92 Å². The van der Waals surface area contributed by atoms with Crippen LogP contribution in [0.15, 0.2) is 48.8 Å². The molecule has 34 heavy (non-hydrogen) atoms. The van der Waals surface area contributed by atoms with Crippen molar-refractivity contribution in [3.63, 3.8) is 0 Å². The van der Waals surface area contributed by atoms with Gasteiger partial charge in [-0.2, -0.15) is 0 Å². The zero-order chi connectivity index (χ0) is 24.1. The van der Waals surface area contributed by atoms with E-state index in [1.807, 2.05) is 36.1 Å². The zero-order valence-corrected chi connectivity index (χ0v) is 20.1. The Morgan fingerprint density at radius 2 is 1.82 bits per heavy atom. The highest BCUT2D eigenvalue weighted by atomic mass is 35.5. The van der Waals surface area contributed by atoms with Gasteiger partial charge < -0.3 is 24.4 Å². The normalized spacial score (nSPS) is 15.5. The van der Waals surface area contributed by atoms with Crippen molar-refractivity contribution in [2.75, 3.05) is 37.5 Å². The number of carbonyl (C=O) groups excluding carboxylic acids is 1. The highest BCUT2D eigenvalue weighted by Gasteiger charge is 2.29. The Kier molecular flexibility index (Phi) is 7.37. The Balaban J connectivity index is 1.49. The molecule has 1 fully saturated rings. The number of halogens is 1. The summed E-state index contributed by atoms with van der Waals surface area (Å²) in [7, 11) is 3.06. The number of hydrogen-bond acceptors (Lipinski definition) is 7. The Hall–Kier alpha value is -3.52. The molecule has 178 valence electrons. The van der Waals surface area contributed by atoms with Crippen molar-refractivity contribution in [3.8, 4) is 23.1 Å². The lowest BCUT2D eigenvalue weighted by Crippen LogP contribution is -2.41. The molecule has 3 aromatic rings. The third-order valence-electron chi connectivity index (χ3n) is 5.71. The third kappa shape index (κ3) is 5.34. The van der Waals surface area contributed by atoms with Crippen LogP contribution in [0.3, 0.4) is 0 Å². The number of amides is 1. The molecule has 1 aliphatic rings. The summed E-state index contributed by atoms with van der Waals surface area (Å²) in [5.41, 5.74) is 1.64. The van der Waals surface area contributed by atoms with Gasteiger partial charge in [0.05, 0.1) is 30.8 Å². The van der Waals surface area contributed by atoms with E-state index in [2.05, 4.69) is 15.3 Å². The van der Waals surface area contributed by atoms with Crippen LogP contribution < -0.4 is 24.4 Å². The van der Waals surface area contributed by atoms with Crippen LogP contribution in [-0.2, 0) is 4.79 Å². The smallest absolute Gasteiger partial charge is 0.263 e. The first-order valence-corrected chi connectivity index (χ1v) is 11.4. The van der Waals surface area contributed by atoms with E-state index in [-0.39, 0.29) is 11.8 Å². The quantitative estimate of drug-likeness (QED) is 0.501. The van der Waals surface area contributed by atoms with E-state index in [9.17, 15) is 4.79 Å². The van der Waals surface area contributed by atoms with Crippen molar-refractivity contribution in [1.29, 1.82) is 0 Å². The van der Waals surface area contributed by atoms with Gasteiger partial charge >= 0.3 is 0 Å². The number of aromatic nitrogens is 2. The number of methoxy groups -OCH3 is 2. The predicted octanol–water partition coefficient (Wildman–Crippen LogP) is 5.10. The number of aryl methyl sites for hydroxylation is 1. The fourth-order valence-corrected chi connectivity index (χ4v) is 4.14. The molecule has 0 bridgehead atoms. The minimum atomic E-state index is -0.256. The minimum Gasteiger partial charge on any atom is -0.495 e. The van der Waals surface area contributed by atoms with Crippen molar-refractivity contribution < 1.29 is 19.0 Å². The average molecular weight is 483 g/mol. The van der Waals surface area contributed by atoms with Crippen LogP contribution in [0.25, 0.3) is 0 Å². The van der Waals surface area contributed by atoms with Gasteiger partial charge in [0.2, 0.25) is 5.91 Å². The summed E-state index contributed by atoms with van der Waals surface area (Å²) in [6.45, 7) is 3.26. The maximum atomic E-state index is 13.2. The first kappa shape index (κ1) is 23.6. The molecular formula is C25H27ClN4O4. The summed E-state index contributed by atoms with van der Waals surface area (Å²) in [4.78, 5) is 24.1. The molecule has 2 heterocycles. The van der Waals surface area contributed by atoms with Crippen LogP contribution in [0.4, 0.5) is 11.5 Å². The van der Waals surface area contributed by atoms with Gasteiger partial charge in [0, 0.05) is 31.5 Å². The van der Waals surface area contributed by atoms with E-state index in [4.69, 9.17) is 25.8 Å². The Morgan fingerprint density at radius 1 is 1.09 bits per heavy atom. The molecular weight excluding hydrogens is 456 g/mol. The number of benzene rings is 2. The van der Waals surface area contributed by atoms with Crippen LogP contribution in [0.2, 0.25) is 5.02 Å². The number of hydrogen-bond donors (Lipinski definition) is 1. The van der Waals surface area contributed by atoms with E-state index in [0.29, 0.717) is 46.2 Å². The first-order valence-electron chi connectivity index (χ1n) is 11.0. The van der Waals surface area contributed by atoms with E-state index in [1.165, 1.54) is 14.2 Å². The lowest BCUT2D eigenvalue weighted by molar-refractivity contribution is -0.120. The van der Waals surface area contributed by atoms with Gasteiger partial charge in [-0.3, -0.25) is 4.79 Å². The fourth-order valence-electron chi connectivity index (χ4n) is 3.90. The highest BCUT2D eigenvalue weighted by molar-refractivity contribution is 6.32. The summed E-state index contributed by atoms with van der Waals surface area (Å²) in [5, 5.41) is 3.35. The van der Waals surface area contributed by atoms with E-state index in [1.54, 1.807) is 24.5 Å². The van der Waals surface area contributed by atoms with E-state index >= 15 is 0 Å². The zero-order valence-electron chi connectivity index (χ0n) is 19.4. The monoisotopic (exact) mass is 482 g/mol. The fraction of sp³-hybridized carbons (Fsp3) is 0.320. The molecule has 1 unspecified atom stereocenters. The summed E-state index contributed by atoms with van der Waals surface area (Å²) in [6, 6.07) is 11.0. The van der Waals surface area contributed by atoms with Gasteiger partial charge in [-0.25, -0.2) is 9.97 Å². The van der Waals surface area contributed by atoms with Crippen LogP contribution >= 0.6 is 11.6 Å². The molecule has 4 rings (SSSR count). The second-order valence-electron chi connectivity index (χ2n) is 8.06. The van der Waals surface area contributed by atoms with E-state index < -0.39 is 0 Å². The maximum Gasteiger partial charge on any atom is 0.263 e. The Bertz CT molecular complexity index is 1160. The highest BCUT2D eigenvalue weighted by Crippen LogP contribution is 2.37. The first-order chi connectivity index (χ1) is 16.5. The van der Waals surface area contributed by atoms with E-state index in [0.717, 1.165) is 24.9 Å². The Labute approximate surface area is 203 Å². The number of piperidine rings is 1. The molecule has 1 amide bonds. The van der Waals surface area contributed by atoms with Gasteiger partial charge in [0.25, 0.3) is 5.88 Å². The standard InChI is InChI=1S/C25H27ClN4O4/c1-16-6-8-18(9-7-16)34-25-23(27-10-11-28-25)30-12-4-5-17(15-30)24(31)29-20-13-19(26)21(32-2)14-22(20)33-3/h6-11,13-14,17H,4-5,12,15H2,1-3H3,(H,29,31). The lowest BCUT2D eigenvalue weighted by Gasteiger charge is -2.33. The SMILES string of the molecule is COc1cc(OC)c(NC(=O)C2CCCN(c3nccnc3Oc3ccc(C)cc3)C2)cc1Cl. The van der Waals surface area contributed by atoms with Crippen LogP contribution in [0, 0.1) is 12.8 Å². The number of rotatable bonds is 7. The molecule has 1 atom stereocenters. The van der Waals surface area contributed by atoms with Gasteiger partial charge in [-0.05, 0) is 38.0 Å². The van der Waals surface area contributed by atoms with Crippen molar-refractivity contribution in [3.05, 3.63) is 59.4 Å². The lowest BCUT2D eigenvalue weighted by atomic mass is 9.97. The topological polar surface area (TPSA) is 85.8 Å². The average Bonchev–Trinajstić information content (AvgIpc) is 2.86. The molecule has 0 spiro atoms.